The molecule has 0 aromatic rings. The van der Waals surface area contributed by atoms with Crippen LogP contribution in [0.15, 0.2) is 47.1 Å². The van der Waals surface area contributed by atoms with E-state index in [0.29, 0.717) is 18.8 Å². The second kappa shape index (κ2) is 11.4. The normalized spacial score (nSPS) is 35.4. The highest BCUT2D eigenvalue weighted by atomic mass is 16.6. The van der Waals surface area contributed by atoms with Gasteiger partial charge in [0.25, 0.3) is 0 Å². The van der Waals surface area contributed by atoms with Crippen molar-refractivity contribution in [2.75, 3.05) is 6.61 Å². The van der Waals surface area contributed by atoms with Gasteiger partial charge in [-0.15, -0.1) is 0 Å². The maximum absolute atomic E-state index is 12.7. The van der Waals surface area contributed by atoms with Crippen molar-refractivity contribution in [2.24, 2.45) is 11.3 Å². The van der Waals surface area contributed by atoms with Crippen LogP contribution in [0.25, 0.3) is 0 Å². The van der Waals surface area contributed by atoms with Crippen LogP contribution in [0.2, 0.25) is 0 Å². The standard InChI is InChI=1S/C31H46O5/c1-5-31(16-7-6-8-17-31)36-29(34)20-35-22(3)26-13-14-27-23(10-9-15-30(26,27)4)11-12-24-18-25(32)19-28(33)21(24)2/h11-13,22,25,27-28,32-33H,2,5-10,14-20H2,1,3-4H3/t22-,25+,27-,28-,30+/m0/s1. The van der Waals surface area contributed by atoms with E-state index in [1.807, 2.05) is 0 Å². The van der Waals surface area contributed by atoms with Gasteiger partial charge in [0, 0.05) is 6.42 Å². The van der Waals surface area contributed by atoms with Crippen LogP contribution >= 0.6 is 0 Å². The molecule has 0 heterocycles. The van der Waals surface area contributed by atoms with Gasteiger partial charge in [0.15, 0.2) is 0 Å². The molecular formula is C31H46O5. The maximum atomic E-state index is 12.7. The van der Waals surface area contributed by atoms with Crippen molar-refractivity contribution in [1.82, 2.24) is 0 Å². The molecule has 200 valence electrons. The molecule has 2 N–H and O–H groups in total. The van der Waals surface area contributed by atoms with E-state index in [4.69, 9.17) is 9.47 Å². The third-order valence-electron chi connectivity index (χ3n) is 9.50. The van der Waals surface area contributed by atoms with Gasteiger partial charge >= 0.3 is 5.97 Å². The summed E-state index contributed by atoms with van der Waals surface area (Å²) in [5.41, 5.74) is 4.12. The molecule has 0 spiro atoms. The average molecular weight is 499 g/mol. The minimum Gasteiger partial charge on any atom is -0.457 e. The van der Waals surface area contributed by atoms with Gasteiger partial charge in [-0.05, 0) is 99.2 Å². The van der Waals surface area contributed by atoms with E-state index in [0.717, 1.165) is 68.9 Å². The van der Waals surface area contributed by atoms with Crippen LogP contribution in [0.5, 0.6) is 0 Å². The highest BCUT2D eigenvalue weighted by Crippen LogP contribution is 2.55. The second-order valence-electron chi connectivity index (χ2n) is 11.8. The summed E-state index contributed by atoms with van der Waals surface area (Å²) < 4.78 is 12.1. The van der Waals surface area contributed by atoms with Crippen molar-refractivity contribution in [3.8, 4) is 0 Å². The minimum absolute atomic E-state index is 0.00254. The van der Waals surface area contributed by atoms with E-state index in [9.17, 15) is 15.0 Å². The van der Waals surface area contributed by atoms with E-state index < -0.39 is 12.2 Å². The van der Waals surface area contributed by atoms with Crippen molar-refractivity contribution < 1.29 is 24.5 Å². The topological polar surface area (TPSA) is 76.0 Å². The number of allylic oxidation sites excluding steroid dienone is 4. The number of esters is 1. The summed E-state index contributed by atoms with van der Waals surface area (Å²) in [7, 11) is 0. The third-order valence-corrected chi connectivity index (χ3v) is 9.50. The zero-order chi connectivity index (χ0) is 25.9. The van der Waals surface area contributed by atoms with Crippen molar-refractivity contribution in [1.29, 1.82) is 0 Å². The summed E-state index contributed by atoms with van der Waals surface area (Å²) in [6.45, 7) is 10.6. The van der Waals surface area contributed by atoms with Gasteiger partial charge in [0.1, 0.15) is 12.2 Å². The first-order valence-electron chi connectivity index (χ1n) is 14.2. The Balaban J connectivity index is 1.38. The van der Waals surface area contributed by atoms with E-state index in [1.54, 1.807) is 0 Å². The smallest absolute Gasteiger partial charge is 0.332 e. The number of carbonyl (C=O) groups excluding carboxylic acids is 1. The fraction of sp³-hybridized carbons (Fsp3) is 0.710. The minimum atomic E-state index is -0.662. The summed E-state index contributed by atoms with van der Waals surface area (Å²) in [5, 5.41) is 20.3. The number of hydrogen-bond donors (Lipinski definition) is 2. The summed E-state index contributed by atoms with van der Waals surface area (Å²) in [6, 6.07) is 0. The van der Waals surface area contributed by atoms with Gasteiger partial charge in [-0.1, -0.05) is 50.6 Å². The molecular weight excluding hydrogens is 452 g/mol. The maximum Gasteiger partial charge on any atom is 0.332 e. The predicted molar refractivity (Wildman–Crippen MR) is 142 cm³/mol. The first kappa shape index (κ1) is 27.3. The third kappa shape index (κ3) is 5.74. The summed E-state index contributed by atoms with van der Waals surface area (Å²) >= 11 is 0. The number of hydrogen-bond acceptors (Lipinski definition) is 5. The quantitative estimate of drug-likeness (QED) is 0.327. The van der Waals surface area contributed by atoms with Gasteiger partial charge in [0.05, 0.1) is 18.3 Å². The molecule has 0 amide bonds. The lowest BCUT2D eigenvalue weighted by molar-refractivity contribution is -0.170. The van der Waals surface area contributed by atoms with Gasteiger partial charge in [-0.3, -0.25) is 0 Å². The Hall–Kier alpha value is -1.69. The fourth-order valence-electron chi connectivity index (χ4n) is 7.22. The van der Waals surface area contributed by atoms with E-state index in [-0.39, 0.29) is 29.7 Å². The number of aliphatic hydroxyl groups excluding tert-OH is 2. The summed E-state index contributed by atoms with van der Waals surface area (Å²) in [5.74, 6) is 0.173. The van der Waals surface area contributed by atoms with Crippen LogP contribution < -0.4 is 0 Å². The molecule has 4 aliphatic rings. The van der Waals surface area contributed by atoms with Crippen LogP contribution in [0.4, 0.5) is 0 Å². The number of ether oxygens (including phenoxy) is 2. The Kier molecular flexibility index (Phi) is 8.63. The van der Waals surface area contributed by atoms with Gasteiger partial charge in [0.2, 0.25) is 0 Å². The van der Waals surface area contributed by atoms with Crippen LogP contribution in [0.1, 0.15) is 97.8 Å². The molecule has 0 aromatic carbocycles. The largest absolute Gasteiger partial charge is 0.457 e. The number of aliphatic hydroxyl groups is 2. The second-order valence-corrected chi connectivity index (χ2v) is 11.8. The first-order chi connectivity index (χ1) is 17.2. The van der Waals surface area contributed by atoms with E-state index in [2.05, 4.69) is 45.6 Å². The molecule has 36 heavy (non-hydrogen) atoms. The Morgan fingerprint density at radius 1 is 1.19 bits per heavy atom. The van der Waals surface area contributed by atoms with Crippen molar-refractivity contribution in [3.63, 3.8) is 0 Å². The summed E-state index contributed by atoms with van der Waals surface area (Å²) in [6.07, 6.45) is 16.8. The number of carbonyl (C=O) groups is 1. The lowest BCUT2D eigenvalue weighted by Gasteiger charge is -2.42. The first-order valence-corrected chi connectivity index (χ1v) is 14.2. The lowest BCUT2D eigenvalue weighted by atomic mass is 9.63. The monoisotopic (exact) mass is 498 g/mol. The molecule has 3 fully saturated rings. The van der Waals surface area contributed by atoms with Gasteiger partial charge < -0.3 is 19.7 Å². The molecule has 5 heteroatoms. The molecule has 0 bridgehead atoms. The zero-order valence-corrected chi connectivity index (χ0v) is 22.6. The number of fused-ring (bicyclic) bond motifs is 1. The molecule has 0 unspecified atom stereocenters. The molecule has 0 radical (unpaired) electrons. The molecule has 5 nitrogen and oxygen atoms in total. The van der Waals surface area contributed by atoms with Crippen LogP contribution in [0, 0.1) is 11.3 Å². The predicted octanol–water partition coefficient (Wildman–Crippen LogP) is 6.11. The van der Waals surface area contributed by atoms with Crippen LogP contribution in [0.3, 0.4) is 0 Å². The molecule has 5 atom stereocenters. The van der Waals surface area contributed by atoms with E-state index in [1.165, 1.54) is 17.6 Å². The molecule has 0 aliphatic heterocycles. The van der Waals surface area contributed by atoms with Crippen LogP contribution in [-0.2, 0) is 14.3 Å². The zero-order valence-electron chi connectivity index (χ0n) is 22.6. The Labute approximate surface area is 217 Å². The SMILES string of the molecule is C=C1C(=CC=C2CCC[C@]3(C)C([C@H](C)OCC(=O)OC4(CC)CCCCC4)=CC[C@@H]23)C[C@@H](O)C[C@@H]1O. The Bertz CT molecular complexity index is 921. The molecule has 3 saturated carbocycles. The molecule has 4 rings (SSSR count). The Morgan fingerprint density at radius 3 is 2.67 bits per heavy atom. The Morgan fingerprint density at radius 2 is 1.94 bits per heavy atom. The van der Waals surface area contributed by atoms with Crippen molar-refractivity contribution in [2.45, 2.75) is 122 Å². The van der Waals surface area contributed by atoms with Crippen LogP contribution in [-0.4, -0.2) is 46.7 Å². The average Bonchev–Trinajstić information content (AvgIpc) is 3.22. The fourth-order valence-corrected chi connectivity index (χ4v) is 7.22. The molecule has 0 saturated heterocycles. The van der Waals surface area contributed by atoms with Gasteiger partial charge in [-0.25, -0.2) is 4.79 Å². The number of rotatable bonds is 7. The molecule has 0 aromatic heterocycles. The summed E-state index contributed by atoms with van der Waals surface area (Å²) in [4.78, 5) is 12.7. The lowest BCUT2D eigenvalue weighted by Crippen LogP contribution is -2.39. The molecule has 4 aliphatic carbocycles. The highest BCUT2D eigenvalue weighted by molar-refractivity contribution is 5.71. The van der Waals surface area contributed by atoms with Crippen molar-refractivity contribution >= 4 is 5.97 Å². The highest BCUT2D eigenvalue weighted by Gasteiger charge is 2.46. The van der Waals surface area contributed by atoms with Gasteiger partial charge in [-0.2, -0.15) is 0 Å². The van der Waals surface area contributed by atoms with E-state index >= 15 is 0 Å². The van der Waals surface area contributed by atoms with Crippen molar-refractivity contribution in [3.05, 3.63) is 47.1 Å².